The van der Waals surface area contributed by atoms with E-state index in [1.165, 1.54) is 23.0 Å². The van der Waals surface area contributed by atoms with Crippen molar-refractivity contribution in [1.29, 1.82) is 0 Å². The molecule has 0 spiro atoms. The molecule has 3 heterocycles. The van der Waals surface area contributed by atoms with Crippen LogP contribution in [0.4, 0.5) is 22.0 Å². The molecule has 144 valence electrons. The van der Waals surface area contributed by atoms with Gasteiger partial charge >= 0.3 is 6.18 Å². The Morgan fingerprint density at radius 3 is 2.43 bits per heavy atom. The van der Waals surface area contributed by atoms with Crippen molar-refractivity contribution in [3.05, 3.63) is 59.9 Å². The number of H-pyrrole nitrogens is 1. The minimum Gasteiger partial charge on any atom is -0.339 e. The van der Waals surface area contributed by atoms with Gasteiger partial charge in [-0.05, 0) is 37.3 Å². The van der Waals surface area contributed by atoms with Crippen molar-refractivity contribution in [2.24, 2.45) is 0 Å². The van der Waals surface area contributed by atoms with E-state index in [2.05, 4.69) is 15.1 Å². The van der Waals surface area contributed by atoms with Crippen LogP contribution in [0, 0.1) is 11.6 Å². The average Bonchev–Trinajstić information content (AvgIpc) is 3.24. The summed E-state index contributed by atoms with van der Waals surface area (Å²) in [4.78, 5) is 7.02. The summed E-state index contributed by atoms with van der Waals surface area (Å²) in [7, 11) is 0. The van der Waals surface area contributed by atoms with Crippen LogP contribution in [0.2, 0.25) is 0 Å². The van der Waals surface area contributed by atoms with Crippen molar-refractivity contribution in [1.82, 2.24) is 19.7 Å². The van der Waals surface area contributed by atoms with E-state index in [0.29, 0.717) is 16.6 Å². The lowest BCUT2D eigenvalue weighted by Gasteiger charge is -2.04. The van der Waals surface area contributed by atoms with Gasteiger partial charge < -0.3 is 4.98 Å². The molecule has 28 heavy (non-hydrogen) atoms. The first kappa shape index (κ1) is 18.1. The number of pyridine rings is 1. The highest BCUT2D eigenvalue weighted by atomic mass is 19.4. The van der Waals surface area contributed by atoms with Crippen molar-refractivity contribution in [2.75, 3.05) is 0 Å². The molecule has 0 saturated heterocycles. The minimum absolute atomic E-state index is 0.190. The second-order valence-electron chi connectivity index (χ2n) is 6.17. The van der Waals surface area contributed by atoms with E-state index < -0.39 is 23.5 Å². The van der Waals surface area contributed by atoms with Gasteiger partial charge in [-0.2, -0.15) is 18.3 Å². The van der Waals surface area contributed by atoms with Crippen LogP contribution in [-0.2, 0) is 12.7 Å². The lowest BCUT2D eigenvalue weighted by Crippen LogP contribution is -2.07. The number of alkyl halides is 3. The van der Waals surface area contributed by atoms with Crippen molar-refractivity contribution >= 4 is 11.0 Å². The first-order valence-corrected chi connectivity index (χ1v) is 8.36. The highest BCUT2D eigenvalue weighted by molar-refractivity contribution is 5.86. The summed E-state index contributed by atoms with van der Waals surface area (Å²) in [6, 6.07) is 7.60. The Labute approximate surface area is 155 Å². The number of nitrogens with zero attached hydrogens (tertiary/aromatic N) is 3. The van der Waals surface area contributed by atoms with Crippen LogP contribution >= 0.6 is 0 Å². The smallest absolute Gasteiger partial charge is 0.339 e. The molecule has 4 nitrogen and oxygen atoms in total. The molecule has 0 saturated carbocycles. The Hall–Kier alpha value is -3.23. The fraction of sp³-hybridized carbons (Fsp3) is 0.158. The zero-order chi connectivity index (χ0) is 20.1. The maximum absolute atomic E-state index is 14.0. The second-order valence-corrected chi connectivity index (χ2v) is 6.17. The maximum Gasteiger partial charge on any atom is 0.435 e. The van der Waals surface area contributed by atoms with Gasteiger partial charge in [-0.3, -0.25) is 4.68 Å². The quantitative estimate of drug-likeness (QED) is 0.474. The average molecular weight is 392 g/mol. The summed E-state index contributed by atoms with van der Waals surface area (Å²) in [5.74, 6) is -1.46. The summed E-state index contributed by atoms with van der Waals surface area (Å²) in [6.07, 6.45) is -3.17. The van der Waals surface area contributed by atoms with Gasteiger partial charge in [0.2, 0.25) is 0 Å². The van der Waals surface area contributed by atoms with Crippen LogP contribution in [0.3, 0.4) is 0 Å². The standard InChI is InChI=1S/C19H13F5N4/c1-2-28-15(8-16(27-28)19(22,23)24)11-6-10-7-14(26-18(10)25-9-11)17-12(20)4-3-5-13(17)21/h3-9H,2H2,1H3,(H,25,26). The fourth-order valence-corrected chi connectivity index (χ4v) is 3.07. The Balaban J connectivity index is 1.83. The number of rotatable bonds is 3. The molecule has 3 aromatic heterocycles. The van der Waals surface area contributed by atoms with Crippen molar-refractivity contribution < 1.29 is 22.0 Å². The Morgan fingerprint density at radius 1 is 1.07 bits per heavy atom. The molecule has 0 bridgehead atoms. The maximum atomic E-state index is 14.0. The zero-order valence-electron chi connectivity index (χ0n) is 14.5. The molecule has 0 atom stereocenters. The molecule has 0 unspecified atom stereocenters. The molecule has 0 radical (unpaired) electrons. The number of aryl methyl sites for hydroxylation is 1. The van der Waals surface area contributed by atoms with Crippen molar-refractivity contribution in [2.45, 2.75) is 19.6 Å². The molecular weight excluding hydrogens is 379 g/mol. The van der Waals surface area contributed by atoms with E-state index in [4.69, 9.17) is 0 Å². The lowest BCUT2D eigenvalue weighted by molar-refractivity contribution is -0.141. The number of benzene rings is 1. The monoisotopic (exact) mass is 392 g/mol. The Bertz CT molecular complexity index is 1150. The van der Waals surface area contributed by atoms with E-state index in [1.54, 1.807) is 13.0 Å². The molecule has 0 aliphatic carbocycles. The predicted molar refractivity (Wildman–Crippen MR) is 93.3 cm³/mol. The third kappa shape index (κ3) is 3.02. The van der Waals surface area contributed by atoms with Crippen LogP contribution in [0.5, 0.6) is 0 Å². The van der Waals surface area contributed by atoms with Gasteiger partial charge in [0.1, 0.15) is 17.3 Å². The highest BCUT2D eigenvalue weighted by Gasteiger charge is 2.35. The normalized spacial score (nSPS) is 12.1. The minimum atomic E-state index is -4.56. The van der Waals surface area contributed by atoms with E-state index >= 15 is 0 Å². The van der Waals surface area contributed by atoms with Gasteiger partial charge in [-0.15, -0.1) is 0 Å². The molecule has 1 N–H and O–H groups in total. The van der Waals surface area contributed by atoms with Crippen LogP contribution in [0.15, 0.2) is 42.6 Å². The molecule has 0 aliphatic heterocycles. The van der Waals surface area contributed by atoms with Gasteiger partial charge in [0.15, 0.2) is 5.69 Å². The van der Waals surface area contributed by atoms with Gasteiger partial charge in [0.05, 0.1) is 17.0 Å². The first-order valence-electron chi connectivity index (χ1n) is 8.36. The highest BCUT2D eigenvalue weighted by Crippen LogP contribution is 2.33. The second kappa shape index (κ2) is 6.43. The summed E-state index contributed by atoms with van der Waals surface area (Å²) in [5.41, 5.74) is 0.00355. The van der Waals surface area contributed by atoms with E-state index in [-0.39, 0.29) is 23.5 Å². The summed E-state index contributed by atoms with van der Waals surface area (Å²) < 4.78 is 68.2. The number of nitrogens with one attached hydrogen (secondary N) is 1. The third-order valence-electron chi connectivity index (χ3n) is 4.37. The molecule has 4 rings (SSSR count). The van der Waals surface area contributed by atoms with Gasteiger partial charge in [-0.1, -0.05) is 6.07 Å². The van der Waals surface area contributed by atoms with Gasteiger partial charge in [-0.25, -0.2) is 13.8 Å². The van der Waals surface area contributed by atoms with Crippen LogP contribution in [-0.4, -0.2) is 19.7 Å². The molecule has 9 heteroatoms. The Morgan fingerprint density at radius 2 is 1.79 bits per heavy atom. The zero-order valence-corrected chi connectivity index (χ0v) is 14.5. The molecule has 4 aromatic rings. The van der Waals surface area contributed by atoms with Crippen molar-refractivity contribution in [3.8, 4) is 22.5 Å². The van der Waals surface area contributed by atoms with Gasteiger partial charge in [0.25, 0.3) is 0 Å². The van der Waals surface area contributed by atoms with Crippen LogP contribution in [0.25, 0.3) is 33.5 Å². The SMILES string of the molecule is CCn1nc(C(F)(F)F)cc1-c1cnc2[nH]c(-c3c(F)cccc3F)cc2c1. The lowest BCUT2D eigenvalue weighted by atomic mass is 10.1. The molecule has 1 aromatic carbocycles. The third-order valence-corrected chi connectivity index (χ3v) is 4.37. The van der Waals surface area contributed by atoms with E-state index in [0.717, 1.165) is 18.2 Å². The topological polar surface area (TPSA) is 46.5 Å². The largest absolute Gasteiger partial charge is 0.435 e. The fourth-order valence-electron chi connectivity index (χ4n) is 3.07. The number of aromatic nitrogens is 4. The summed E-state index contributed by atoms with van der Waals surface area (Å²) in [6.45, 7) is 1.92. The summed E-state index contributed by atoms with van der Waals surface area (Å²) in [5, 5.41) is 4.10. The molecule has 0 amide bonds. The van der Waals surface area contributed by atoms with Crippen LogP contribution in [0.1, 0.15) is 12.6 Å². The van der Waals surface area contributed by atoms with Gasteiger partial charge in [0, 0.05) is 23.7 Å². The number of halogens is 5. The number of aromatic amines is 1. The predicted octanol–water partition coefficient (Wildman–Crippen LogP) is 5.41. The molecular formula is C19H13F5N4. The first-order chi connectivity index (χ1) is 13.3. The van der Waals surface area contributed by atoms with E-state index in [1.807, 2.05) is 0 Å². The Kier molecular flexibility index (Phi) is 4.17. The number of fused-ring (bicyclic) bond motifs is 1. The number of hydrogen-bond donors (Lipinski definition) is 1. The molecule has 0 aliphatic rings. The van der Waals surface area contributed by atoms with Crippen LogP contribution < -0.4 is 0 Å². The van der Waals surface area contributed by atoms with E-state index in [9.17, 15) is 22.0 Å². The number of hydrogen-bond acceptors (Lipinski definition) is 2. The summed E-state index contributed by atoms with van der Waals surface area (Å²) >= 11 is 0. The molecule has 0 fully saturated rings. The van der Waals surface area contributed by atoms with Crippen molar-refractivity contribution in [3.63, 3.8) is 0 Å².